The molecule has 2 aromatic rings. The number of ether oxygens (including phenoxy) is 4. The summed E-state index contributed by atoms with van der Waals surface area (Å²) < 4.78 is 21.1. The van der Waals surface area contributed by atoms with E-state index in [2.05, 4.69) is 10.6 Å². The highest BCUT2D eigenvalue weighted by atomic mass is 16.5. The molecule has 0 atom stereocenters. The van der Waals surface area contributed by atoms with Crippen LogP contribution in [-0.4, -0.2) is 63.8 Å². The molecule has 10 heteroatoms. The summed E-state index contributed by atoms with van der Waals surface area (Å²) in [4.78, 5) is 38.7. The predicted octanol–water partition coefficient (Wildman–Crippen LogP) is 2.82. The Morgan fingerprint density at radius 1 is 0.914 bits per heavy atom. The van der Waals surface area contributed by atoms with Gasteiger partial charge in [-0.05, 0) is 31.0 Å². The number of para-hydroxylation sites is 1. The molecule has 1 saturated heterocycles. The van der Waals surface area contributed by atoms with Crippen molar-refractivity contribution in [3.8, 4) is 17.2 Å². The summed E-state index contributed by atoms with van der Waals surface area (Å²) in [5, 5.41) is 5.55. The van der Waals surface area contributed by atoms with E-state index in [1.807, 2.05) is 30.3 Å². The Balaban J connectivity index is 1.41. The van der Waals surface area contributed by atoms with Crippen LogP contribution in [0, 0.1) is 5.92 Å². The Labute approximate surface area is 204 Å². The van der Waals surface area contributed by atoms with E-state index >= 15 is 0 Å². The van der Waals surface area contributed by atoms with E-state index in [9.17, 15) is 14.4 Å². The van der Waals surface area contributed by atoms with Gasteiger partial charge in [0.25, 0.3) is 5.91 Å². The fourth-order valence-corrected chi connectivity index (χ4v) is 3.77. The van der Waals surface area contributed by atoms with Crippen molar-refractivity contribution in [2.45, 2.75) is 19.4 Å². The van der Waals surface area contributed by atoms with Gasteiger partial charge in [0.15, 0.2) is 18.1 Å². The summed E-state index contributed by atoms with van der Waals surface area (Å²) in [5.41, 5.74) is 1.40. The zero-order chi connectivity index (χ0) is 25.2. The summed E-state index contributed by atoms with van der Waals surface area (Å²) in [7, 11) is 4.56. The molecule has 2 aromatic carbocycles. The van der Waals surface area contributed by atoms with Gasteiger partial charge in [0, 0.05) is 37.0 Å². The first-order valence-electron chi connectivity index (χ1n) is 11.3. The van der Waals surface area contributed by atoms with Crippen LogP contribution in [0.25, 0.3) is 0 Å². The van der Waals surface area contributed by atoms with Crippen LogP contribution in [0.1, 0.15) is 18.4 Å². The highest BCUT2D eigenvalue weighted by molar-refractivity contribution is 5.89. The minimum Gasteiger partial charge on any atom is -0.496 e. The quantitative estimate of drug-likeness (QED) is 0.525. The van der Waals surface area contributed by atoms with Gasteiger partial charge in [-0.2, -0.15) is 0 Å². The van der Waals surface area contributed by atoms with Crippen molar-refractivity contribution in [2.75, 3.05) is 46.3 Å². The minimum atomic E-state index is -0.438. The van der Waals surface area contributed by atoms with Crippen LogP contribution in [0.2, 0.25) is 0 Å². The fourth-order valence-electron chi connectivity index (χ4n) is 3.77. The molecule has 1 heterocycles. The zero-order valence-corrected chi connectivity index (χ0v) is 20.2. The van der Waals surface area contributed by atoms with E-state index in [1.165, 1.54) is 21.3 Å². The summed E-state index contributed by atoms with van der Waals surface area (Å²) in [6.45, 7) is 0.644. The van der Waals surface area contributed by atoms with E-state index < -0.39 is 11.9 Å². The Morgan fingerprint density at radius 2 is 1.54 bits per heavy atom. The van der Waals surface area contributed by atoms with Crippen LogP contribution in [0.15, 0.2) is 42.5 Å². The van der Waals surface area contributed by atoms with Crippen molar-refractivity contribution < 1.29 is 33.3 Å². The van der Waals surface area contributed by atoms with E-state index in [4.69, 9.17) is 18.9 Å². The van der Waals surface area contributed by atoms with E-state index in [0.29, 0.717) is 48.7 Å². The number of rotatable bonds is 9. The molecule has 10 nitrogen and oxygen atoms in total. The molecule has 0 spiro atoms. The average molecular weight is 486 g/mol. The second kappa shape index (κ2) is 12.5. The van der Waals surface area contributed by atoms with Gasteiger partial charge >= 0.3 is 12.0 Å². The molecule has 188 valence electrons. The van der Waals surface area contributed by atoms with E-state index in [-0.39, 0.29) is 25.1 Å². The Morgan fingerprint density at radius 3 is 2.17 bits per heavy atom. The number of esters is 1. The maximum absolute atomic E-state index is 12.4. The molecule has 0 unspecified atom stereocenters. The van der Waals surface area contributed by atoms with Crippen molar-refractivity contribution in [3.05, 3.63) is 48.0 Å². The standard InChI is InChI=1S/C25H31N3O7/c1-32-20-14-22(34-3)21(33-2)13-18(20)15-26-23(29)16-35-24(30)17-9-11-28(12-10-17)25(31)27-19-7-5-4-6-8-19/h4-8,13-14,17H,9-12,15-16H2,1-3H3,(H,26,29)(H,27,31). The number of benzene rings is 2. The summed E-state index contributed by atoms with van der Waals surface area (Å²) in [5.74, 6) is 0.323. The van der Waals surface area contributed by atoms with E-state index in [0.717, 1.165) is 5.69 Å². The predicted molar refractivity (Wildman–Crippen MR) is 129 cm³/mol. The first-order valence-corrected chi connectivity index (χ1v) is 11.3. The molecular weight excluding hydrogens is 454 g/mol. The number of nitrogens with one attached hydrogen (secondary N) is 2. The molecular formula is C25H31N3O7. The third kappa shape index (κ3) is 7.02. The maximum Gasteiger partial charge on any atom is 0.321 e. The molecule has 2 N–H and O–H groups in total. The molecule has 0 saturated carbocycles. The van der Waals surface area contributed by atoms with Crippen LogP contribution in [0.5, 0.6) is 17.2 Å². The Kier molecular flexibility index (Phi) is 9.16. The lowest BCUT2D eigenvalue weighted by Crippen LogP contribution is -2.43. The van der Waals surface area contributed by atoms with Crippen molar-refractivity contribution in [2.24, 2.45) is 5.92 Å². The monoisotopic (exact) mass is 485 g/mol. The Bertz CT molecular complexity index is 1020. The number of anilines is 1. The second-order valence-electron chi connectivity index (χ2n) is 7.96. The van der Waals surface area contributed by atoms with Crippen LogP contribution < -0.4 is 24.8 Å². The molecule has 0 aromatic heterocycles. The highest BCUT2D eigenvalue weighted by Crippen LogP contribution is 2.34. The molecule has 3 amide bonds. The van der Waals surface area contributed by atoms with Crippen LogP contribution in [0.3, 0.4) is 0 Å². The van der Waals surface area contributed by atoms with Crippen LogP contribution >= 0.6 is 0 Å². The number of methoxy groups -OCH3 is 3. The molecule has 0 radical (unpaired) electrons. The average Bonchev–Trinajstić information content (AvgIpc) is 2.90. The maximum atomic E-state index is 12.4. The number of urea groups is 1. The molecule has 1 fully saturated rings. The number of likely N-dealkylation sites (tertiary alicyclic amines) is 1. The summed E-state index contributed by atoms with van der Waals surface area (Å²) in [6, 6.07) is 12.4. The van der Waals surface area contributed by atoms with Gasteiger partial charge < -0.3 is 34.5 Å². The molecule has 1 aliphatic heterocycles. The number of amides is 3. The van der Waals surface area contributed by atoms with Crippen molar-refractivity contribution >= 4 is 23.6 Å². The number of carbonyl (C=O) groups excluding carboxylic acids is 3. The lowest BCUT2D eigenvalue weighted by atomic mass is 9.97. The van der Waals surface area contributed by atoms with Crippen LogP contribution in [-0.2, 0) is 20.9 Å². The third-order valence-electron chi connectivity index (χ3n) is 5.75. The van der Waals surface area contributed by atoms with Gasteiger partial charge in [0.05, 0.1) is 27.2 Å². The number of piperidine rings is 1. The normalized spacial score (nSPS) is 13.5. The smallest absolute Gasteiger partial charge is 0.321 e. The van der Waals surface area contributed by atoms with Crippen molar-refractivity contribution in [1.29, 1.82) is 0 Å². The van der Waals surface area contributed by atoms with Crippen molar-refractivity contribution in [3.63, 3.8) is 0 Å². The molecule has 1 aliphatic rings. The second-order valence-corrected chi connectivity index (χ2v) is 7.96. The zero-order valence-electron chi connectivity index (χ0n) is 20.2. The molecule has 0 aliphatic carbocycles. The highest BCUT2D eigenvalue weighted by Gasteiger charge is 2.28. The lowest BCUT2D eigenvalue weighted by molar-refractivity contribution is -0.153. The van der Waals surface area contributed by atoms with Gasteiger partial charge in [-0.3, -0.25) is 9.59 Å². The van der Waals surface area contributed by atoms with Crippen LogP contribution in [0.4, 0.5) is 10.5 Å². The molecule has 35 heavy (non-hydrogen) atoms. The SMILES string of the molecule is COc1cc(OC)c(OC)cc1CNC(=O)COC(=O)C1CCN(C(=O)Nc2ccccc2)CC1. The first-order chi connectivity index (χ1) is 16.9. The van der Waals surface area contributed by atoms with Gasteiger partial charge in [0.1, 0.15) is 5.75 Å². The van der Waals surface area contributed by atoms with E-state index in [1.54, 1.807) is 17.0 Å². The lowest BCUT2D eigenvalue weighted by Gasteiger charge is -2.30. The largest absolute Gasteiger partial charge is 0.496 e. The number of carbonyl (C=O) groups is 3. The number of hydrogen-bond donors (Lipinski definition) is 2. The van der Waals surface area contributed by atoms with Crippen molar-refractivity contribution in [1.82, 2.24) is 10.2 Å². The topological polar surface area (TPSA) is 115 Å². The fraction of sp³-hybridized carbons (Fsp3) is 0.400. The van der Waals surface area contributed by atoms with Gasteiger partial charge in [-0.15, -0.1) is 0 Å². The molecule has 0 bridgehead atoms. The third-order valence-corrected chi connectivity index (χ3v) is 5.75. The van der Waals surface area contributed by atoms with Gasteiger partial charge in [-0.1, -0.05) is 18.2 Å². The summed E-state index contributed by atoms with van der Waals surface area (Å²) >= 11 is 0. The first kappa shape index (κ1) is 25.7. The molecule has 3 rings (SSSR count). The minimum absolute atomic E-state index is 0.162. The number of nitrogens with zero attached hydrogens (tertiary/aromatic N) is 1. The number of hydrogen-bond acceptors (Lipinski definition) is 7. The summed E-state index contributed by atoms with van der Waals surface area (Å²) in [6.07, 6.45) is 0.955. The van der Waals surface area contributed by atoms with Gasteiger partial charge in [0.2, 0.25) is 0 Å². The van der Waals surface area contributed by atoms with Gasteiger partial charge in [-0.25, -0.2) is 4.79 Å². The Hall–Kier alpha value is -3.95.